The van der Waals surface area contributed by atoms with Crippen LogP contribution in [0, 0.1) is 0 Å². The summed E-state index contributed by atoms with van der Waals surface area (Å²) < 4.78 is 24.7. The lowest BCUT2D eigenvalue weighted by atomic mass is 10.1. The van der Waals surface area contributed by atoms with Gasteiger partial charge in [-0.15, -0.1) is 0 Å². The zero-order valence-corrected chi connectivity index (χ0v) is 14.6. The summed E-state index contributed by atoms with van der Waals surface area (Å²) in [6.45, 7) is 11.3. The van der Waals surface area contributed by atoms with Gasteiger partial charge >= 0.3 is 7.67 Å². The van der Waals surface area contributed by atoms with Crippen LogP contribution in [-0.4, -0.2) is 60.0 Å². The fourth-order valence-electron chi connectivity index (χ4n) is 2.35. The van der Waals surface area contributed by atoms with Crippen LogP contribution in [0.3, 0.4) is 0 Å². The molecular formula is C13H28N3O4P. The molecular weight excluding hydrogens is 293 g/mol. The minimum absolute atomic E-state index is 0.0550. The van der Waals surface area contributed by atoms with Crippen LogP contribution in [-0.2, 0) is 18.6 Å². The van der Waals surface area contributed by atoms with Crippen molar-refractivity contribution in [2.24, 2.45) is 5.50 Å². The molecule has 124 valence electrons. The molecule has 0 spiro atoms. The molecule has 0 aromatic heterocycles. The lowest BCUT2D eigenvalue weighted by Gasteiger charge is -2.39. The molecule has 2 N–H and O–H groups in total. The second-order valence-corrected chi connectivity index (χ2v) is 7.81. The lowest BCUT2D eigenvalue weighted by molar-refractivity contribution is -0.155. The van der Waals surface area contributed by atoms with E-state index in [1.165, 1.54) is 0 Å². The summed E-state index contributed by atoms with van der Waals surface area (Å²) in [5.74, 6) is -0.0550. The fourth-order valence-corrected chi connectivity index (χ4v) is 3.82. The Labute approximate surface area is 127 Å². The van der Waals surface area contributed by atoms with Crippen LogP contribution in [0.1, 0.15) is 34.6 Å². The molecule has 1 unspecified atom stereocenters. The van der Waals surface area contributed by atoms with Crippen LogP contribution in [0.2, 0.25) is 0 Å². The van der Waals surface area contributed by atoms with Gasteiger partial charge in [0.2, 0.25) is 0 Å². The molecule has 0 bridgehead atoms. The van der Waals surface area contributed by atoms with E-state index in [0.29, 0.717) is 32.8 Å². The van der Waals surface area contributed by atoms with E-state index in [4.69, 9.17) is 14.8 Å². The molecule has 8 heteroatoms. The number of nitrogens with zero attached hydrogens (tertiary/aromatic N) is 2. The van der Waals surface area contributed by atoms with Gasteiger partial charge in [-0.2, -0.15) is 0 Å². The van der Waals surface area contributed by atoms with Crippen LogP contribution in [0.15, 0.2) is 0 Å². The van der Waals surface area contributed by atoms with Gasteiger partial charge in [0.15, 0.2) is 0 Å². The minimum atomic E-state index is -3.27. The topological polar surface area (TPSA) is 85.1 Å². The van der Waals surface area contributed by atoms with Gasteiger partial charge in [0.25, 0.3) is 5.91 Å². The highest BCUT2D eigenvalue weighted by Crippen LogP contribution is 2.44. The van der Waals surface area contributed by atoms with E-state index >= 15 is 0 Å². The van der Waals surface area contributed by atoms with Gasteiger partial charge in [0.1, 0.15) is 5.60 Å². The first-order chi connectivity index (χ1) is 9.60. The molecule has 1 aliphatic heterocycles. The molecule has 1 heterocycles. The number of amides is 1. The molecule has 21 heavy (non-hydrogen) atoms. The molecule has 1 aliphatic rings. The molecule has 1 amide bonds. The maximum Gasteiger partial charge on any atom is 0.341 e. The van der Waals surface area contributed by atoms with Crippen LogP contribution >= 0.6 is 7.67 Å². The molecule has 1 fully saturated rings. The quantitative estimate of drug-likeness (QED) is 0.745. The van der Waals surface area contributed by atoms with E-state index in [2.05, 4.69) is 0 Å². The van der Waals surface area contributed by atoms with E-state index in [1.54, 1.807) is 37.3 Å². The third-order valence-electron chi connectivity index (χ3n) is 3.32. The molecule has 0 radical (unpaired) electrons. The summed E-state index contributed by atoms with van der Waals surface area (Å²) in [5.41, 5.74) is 4.94. The number of hydrogen-bond donors (Lipinski definition) is 1. The second kappa shape index (κ2) is 7.20. The molecule has 7 nitrogen and oxygen atoms in total. The molecule has 0 aromatic carbocycles. The van der Waals surface area contributed by atoms with Crippen molar-refractivity contribution < 1.29 is 18.6 Å². The highest BCUT2D eigenvalue weighted by atomic mass is 31.2. The lowest BCUT2D eigenvalue weighted by Crippen LogP contribution is -2.54. The van der Waals surface area contributed by atoms with Crippen molar-refractivity contribution in [2.45, 2.75) is 46.3 Å². The zero-order valence-electron chi connectivity index (χ0n) is 13.7. The van der Waals surface area contributed by atoms with Crippen molar-refractivity contribution >= 4 is 13.6 Å². The summed E-state index contributed by atoms with van der Waals surface area (Å²) in [6, 6.07) is 0. The monoisotopic (exact) mass is 321 g/mol. The maximum atomic E-state index is 12.4. The SMILES string of the molecule is CCOC(C)(C)C(=O)N1CCN(P(N)(=O)OC(C)C)CC1. The number of ether oxygens (including phenoxy) is 1. The smallest absolute Gasteiger partial charge is 0.341 e. The van der Waals surface area contributed by atoms with Gasteiger partial charge in [0.05, 0.1) is 6.10 Å². The molecule has 0 aromatic rings. The Balaban J connectivity index is 2.60. The first-order valence-electron chi connectivity index (χ1n) is 7.36. The van der Waals surface area contributed by atoms with Gasteiger partial charge in [0, 0.05) is 32.8 Å². The minimum Gasteiger partial charge on any atom is -0.366 e. The number of carbonyl (C=O) groups is 1. The van der Waals surface area contributed by atoms with E-state index in [9.17, 15) is 9.36 Å². The first kappa shape index (κ1) is 18.6. The third kappa shape index (κ3) is 5.04. The highest BCUT2D eigenvalue weighted by Gasteiger charge is 2.37. The van der Waals surface area contributed by atoms with E-state index in [-0.39, 0.29) is 12.0 Å². The van der Waals surface area contributed by atoms with E-state index in [0.717, 1.165) is 0 Å². The van der Waals surface area contributed by atoms with Gasteiger partial charge in [-0.05, 0) is 34.6 Å². The van der Waals surface area contributed by atoms with Gasteiger partial charge in [-0.1, -0.05) is 0 Å². The van der Waals surface area contributed by atoms with Gasteiger partial charge < -0.3 is 14.2 Å². The number of piperazine rings is 1. The number of hydrogen-bond acceptors (Lipinski definition) is 4. The van der Waals surface area contributed by atoms with Gasteiger partial charge in [-0.3, -0.25) is 9.36 Å². The number of nitrogens with two attached hydrogens (primary N) is 1. The second-order valence-electron chi connectivity index (χ2n) is 5.91. The largest absolute Gasteiger partial charge is 0.366 e. The Morgan fingerprint density at radius 3 is 2.24 bits per heavy atom. The summed E-state index contributed by atoms with van der Waals surface area (Å²) in [4.78, 5) is 14.1. The predicted molar refractivity (Wildman–Crippen MR) is 81.9 cm³/mol. The number of carbonyl (C=O) groups excluding carboxylic acids is 1. The molecule has 0 saturated carbocycles. The number of rotatable bonds is 6. The normalized spacial score (nSPS) is 20.6. The first-order valence-corrected chi connectivity index (χ1v) is 9.00. The summed E-state index contributed by atoms with van der Waals surface area (Å²) in [6.07, 6.45) is -0.197. The van der Waals surface area contributed by atoms with Crippen molar-refractivity contribution in [3.8, 4) is 0 Å². The zero-order chi connectivity index (χ0) is 16.3. The average Bonchev–Trinajstić information content (AvgIpc) is 2.36. The third-order valence-corrected chi connectivity index (χ3v) is 5.23. The van der Waals surface area contributed by atoms with E-state index < -0.39 is 13.3 Å². The average molecular weight is 321 g/mol. The van der Waals surface area contributed by atoms with Crippen molar-refractivity contribution in [1.29, 1.82) is 0 Å². The Bertz CT molecular complexity index is 406. The van der Waals surface area contributed by atoms with Crippen molar-refractivity contribution in [1.82, 2.24) is 9.57 Å². The highest BCUT2D eigenvalue weighted by molar-refractivity contribution is 7.53. The molecule has 1 rings (SSSR count). The summed E-state index contributed by atoms with van der Waals surface area (Å²) in [5, 5.41) is 0. The van der Waals surface area contributed by atoms with E-state index in [1.807, 2.05) is 6.92 Å². The Kier molecular flexibility index (Phi) is 6.37. The van der Waals surface area contributed by atoms with Crippen molar-refractivity contribution in [3.63, 3.8) is 0 Å². The Morgan fingerprint density at radius 2 is 1.81 bits per heavy atom. The molecule has 0 aliphatic carbocycles. The fraction of sp³-hybridized carbons (Fsp3) is 0.923. The summed E-state index contributed by atoms with van der Waals surface area (Å²) in [7, 11) is -3.27. The summed E-state index contributed by atoms with van der Waals surface area (Å²) >= 11 is 0. The Hall–Kier alpha value is -0.460. The maximum absolute atomic E-state index is 12.4. The van der Waals surface area contributed by atoms with Crippen molar-refractivity contribution in [2.75, 3.05) is 32.8 Å². The predicted octanol–water partition coefficient (Wildman–Crippen LogP) is 1.44. The van der Waals surface area contributed by atoms with Gasteiger partial charge in [-0.25, -0.2) is 10.2 Å². The standard InChI is InChI=1S/C13H28N3O4P/c1-6-19-13(4,5)12(17)15-7-9-16(10-8-15)21(14,18)20-11(2)3/h11H,6-10H2,1-5H3,(H2,14,18). The Morgan fingerprint density at radius 1 is 1.29 bits per heavy atom. The van der Waals surface area contributed by atoms with Crippen LogP contribution in [0.4, 0.5) is 0 Å². The van der Waals surface area contributed by atoms with Crippen LogP contribution in [0.25, 0.3) is 0 Å². The van der Waals surface area contributed by atoms with Crippen LogP contribution in [0.5, 0.6) is 0 Å². The van der Waals surface area contributed by atoms with Crippen LogP contribution < -0.4 is 5.50 Å². The molecule has 1 atom stereocenters. The molecule has 1 saturated heterocycles. The van der Waals surface area contributed by atoms with Crippen molar-refractivity contribution in [3.05, 3.63) is 0 Å².